The van der Waals surface area contributed by atoms with E-state index >= 15 is 0 Å². The Morgan fingerprint density at radius 3 is 2.92 bits per heavy atom. The molecular weight excluding hydrogens is 320 g/mol. The SMILES string of the molecule is Cc1[nH]ccc1C(=O)Nc1cccc(CN(C)Cc2cscn2)c1. The first-order valence-electron chi connectivity index (χ1n) is 7.71. The molecule has 0 aliphatic carbocycles. The lowest BCUT2D eigenvalue weighted by Crippen LogP contribution is -2.18. The molecule has 0 atom stereocenters. The molecule has 3 rings (SSSR count). The lowest BCUT2D eigenvalue weighted by molar-refractivity contribution is 0.102. The fourth-order valence-corrected chi connectivity index (χ4v) is 3.15. The van der Waals surface area contributed by atoms with Gasteiger partial charge in [-0.1, -0.05) is 12.1 Å². The summed E-state index contributed by atoms with van der Waals surface area (Å²) in [5.74, 6) is -0.0956. The third kappa shape index (κ3) is 4.10. The van der Waals surface area contributed by atoms with Crippen LogP contribution in [0.2, 0.25) is 0 Å². The number of hydrogen-bond donors (Lipinski definition) is 2. The van der Waals surface area contributed by atoms with Crippen LogP contribution < -0.4 is 5.32 Å². The first-order chi connectivity index (χ1) is 11.6. The molecule has 2 N–H and O–H groups in total. The highest BCUT2D eigenvalue weighted by atomic mass is 32.1. The summed E-state index contributed by atoms with van der Waals surface area (Å²) < 4.78 is 0. The van der Waals surface area contributed by atoms with Crippen LogP contribution in [0.15, 0.2) is 47.4 Å². The molecule has 1 amide bonds. The number of rotatable bonds is 6. The van der Waals surface area contributed by atoms with E-state index in [1.54, 1.807) is 23.6 Å². The number of carbonyl (C=O) groups excluding carboxylic acids is 1. The van der Waals surface area contributed by atoms with Gasteiger partial charge in [0.2, 0.25) is 0 Å². The monoisotopic (exact) mass is 340 g/mol. The molecule has 0 bridgehead atoms. The van der Waals surface area contributed by atoms with Crippen molar-refractivity contribution in [2.75, 3.05) is 12.4 Å². The first kappa shape index (κ1) is 16.4. The predicted octanol–water partition coefficient (Wildman–Crippen LogP) is 3.66. The van der Waals surface area contributed by atoms with Gasteiger partial charge >= 0.3 is 0 Å². The molecule has 1 aromatic carbocycles. The van der Waals surface area contributed by atoms with Crippen molar-refractivity contribution in [1.29, 1.82) is 0 Å². The maximum Gasteiger partial charge on any atom is 0.257 e. The van der Waals surface area contributed by atoms with E-state index in [2.05, 4.69) is 38.7 Å². The fourth-order valence-electron chi connectivity index (χ4n) is 2.60. The highest BCUT2D eigenvalue weighted by molar-refractivity contribution is 7.07. The smallest absolute Gasteiger partial charge is 0.257 e. The van der Waals surface area contributed by atoms with E-state index in [1.165, 1.54) is 0 Å². The number of benzene rings is 1. The number of aryl methyl sites for hydroxylation is 1. The summed E-state index contributed by atoms with van der Waals surface area (Å²) in [6, 6.07) is 9.73. The normalized spacial score (nSPS) is 11.0. The third-order valence-electron chi connectivity index (χ3n) is 3.75. The van der Waals surface area contributed by atoms with Gasteiger partial charge in [-0.05, 0) is 37.7 Å². The molecular formula is C18H20N4OS. The topological polar surface area (TPSA) is 61.0 Å². The number of H-pyrrole nitrogens is 1. The average molecular weight is 340 g/mol. The summed E-state index contributed by atoms with van der Waals surface area (Å²) in [5, 5.41) is 5.02. The van der Waals surface area contributed by atoms with E-state index < -0.39 is 0 Å². The summed E-state index contributed by atoms with van der Waals surface area (Å²) in [6.45, 7) is 3.49. The summed E-state index contributed by atoms with van der Waals surface area (Å²) in [4.78, 5) is 21.8. The summed E-state index contributed by atoms with van der Waals surface area (Å²) in [7, 11) is 2.06. The molecule has 5 nitrogen and oxygen atoms in total. The van der Waals surface area contributed by atoms with Crippen LogP contribution >= 0.6 is 11.3 Å². The minimum absolute atomic E-state index is 0.0956. The molecule has 0 aliphatic heterocycles. The van der Waals surface area contributed by atoms with Crippen molar-refractivity contribution < 1.29 is 4.79 Å². The van der Waals surface area contributed by atoms with Gasteiger partial charge in [0, 0.05) is 36.0 Å². The Bertz CT molecular complexity index is 810. The quantitative estimate of drug-likeness (QED) is 0.720. The number of aromatic nitrogens is 2. The Morgan fingerprint density at radius 2 is 2.21 bits per heavy atom. The van der Waals surface area contributed by atoms with Crippen LogP contribution in [0.25, 0.3) is 0 Å². The Labute approximate surface area is 145 Å². The molecule has 0 aliphatic rings. The van der Waals surface area contributed by atoms with Crippen molar-refractivity contribution in [1.82, 2.24) is 14.9 Å². The molecule has 0 saturated carbocycles. The van der Waals surface area contributed by atoms with Crippen LogP contribution in [0.5, 0.6) is 0 Å². The summed E-state index contributed by atoms with van der Waals surface area (Å²) >= 11 is 1.61. The van der Waals surface area contributed by atoms with Crippen LogP contribution in [0.3, 0.4) is 0 Å². The average Bonchev–Trinajstić information content (AvgIpc) is 3.19. The van der Waals surface area contributed by atoms with Gasteiger partial charge in [-0.15, -0.1) is 11.3 Å². The van der Waals surface area contributed by atoms with Crippen molar-refractivity contribution in [2.45, 2.75) is 20.0 Å². The van der Waals surface area contributed by atoms with E-state index in [1.807, 2.05) is 30.6 Å². The number of carbonyl (C=O) groups is 1. The van der Waals surface area contributed by atoms with Crippen LogP contribution in [-0.2, 0) is 13.1 Å². The maximum absolute atomic E-state index is 12.3. The second-order valence-electron chi connectivity index (χ2n) is 5.82. The molecule has 0 spiro atoms. The van der Waals surface area contributed by atoms with Crippen molar-refractivity contribution in [3.63, 3.8) is 0 Å². The summed E-state index contributed by atoms with van der Waals surface area (Å²) in [6.07, 6.45) is 1.77. The Kier molecular flexibility index (Phi) is 5.08. The maximum atomic E-state index is 12.3. The molecule has 24 heavy (non-hydrogen) atoms. The number of thiazole rings is 1. The van der Waals surface area contributed by atoms with E-state index in [9.17, 15) is 4.79 Å². The second kappa shape index (κ2) is 7.42. The van der Waals surface area contributed by atoms with Gasteiger partial charge in [0.1, 0.15) is 0 Å². The summed E-state index contributed by atoms with van der Waals surface area (Å²) in [5.41, 5.74) is 6.42. The van der Waals surface area contributed by atoms with Gasteiger partial charge in [0.25, 0.3) is 5.91 Å². The van der Waals surface area contributed by atoms with Gasteiger partial charge in [-0.2, -0.15) is 0 Å². The van der Waals surface area contributed by atoms with E-state index in [4.69, 9.17) is 0 Å². The number of nitrogens with zero attached hydrogens (tertiary/aromatic N) is 2. The molecule has 0 unspecified atom stereocenters. The zero-order chi connectivity index (χ0) is 16.9. The Hall–Kier alpha value is -2.44. The molecule has 6 heteroatoms. The molecule has 0 fully saturated rings. The van der Waals surface area contributed by atoms with Crippen LogP contribution in [0.4, 0.5) is 5.69 Å². The standard InChI is InChI=1S/C18H20N4OS/c1-13-17(6-7-19-13)18(23)21-15-5-3-4-14(8-15)9-22(2)10-16-11-24-12-20-16/h3-8,11-12,19H,9-10H2,1-2H3,(H,21,23). The second-order valence-corrected chi connectivity index (χ2v) is 6.54. The van der Waals surface area contributed by atoms with Crippen molar-refractivity contribution in [3.8, 4) is 0 Å². The highest BCUT2D eigenvalue weighted by Crippen LogP contribution is 2.15. The predicted molar refractivity (Wildman–Crippen MR) is 97.2 cm³/mol. The minimum Gasteiger partial charge on any atom is -0.365 e. The van der Waals surface area contributed by atoms with E-state index in [-0.39, 0.29) is 5.91 Å². The van der Waals surface area contributed by atoms with Crippen molar-refractivity contribution in [3.05, 3.63) is 69.9 Å². The zero-order valence-electron chi connectivity index (χ0n) is 13.7. The lowest BCUT2D eigenvalue weighted by Gasteiger charge is -2.16. The number of anilines is 1. The molecule has 3 aromatic rings. The fraction of sp³-hybridized carbons (Fsp3) is 0.222. The first-order valence-corrected chi connectivity index (χ1v) is 8.66. The number of amides is 1. The van der Waals surface area contributed by atoms with Gasteiger partial charge in [-0.25, -0.2) is 4.98 Å². The van der Waals surface area contributed by atoms with Crippen molar-refractivity contribution in [2.24, 2.45) is 0 Å². The number of nitrogens with one attached hydrogen (secondary N) is 2. The van der Waals surface area contributed by atoms with Gasteiger partial charge in [-0.3, -0.25) is 9.69 Å². The van der Waals surface area contributed by atoms with Gasteiger partial charge in [0.15, 0.2) is 0 Å². The molecule has 2 heterocycles. The van der Waals surface area contributed by atoms with Crippen LogP contribution in [0, 0.1) is 6.92 Å². The largest absolute Gasteiger partial charge is 0.365 e. The van der Waals surface area contributed by atoms with Crippen LogP contribution in [-0.4, -0.2) is 27.8 Å². The Morgan fingerprint density at radius 1 is 1.33 bits per heavy atom. The number of aromatic amines is 1. The lowest BCUT2D eigenvalue weighted by atomic mass is 10.1. The molecule has 124 valence electrons. The number of hydrogen-bond acceptors (Lipinski definition) is 4. The Balaban J connectivity index is 1.63. The van der Waals surface area contributed by atoms with E-state index in [0.29, 0.717) is 5.56 Å². The highest BCUT2D eigenvalue weighted by Gasteiger charge is 2.10. The zero-order valence-corrected chi connectivity index (χ0v) is 14.6. The molecule has 0 saturated heterocycles. The molecule has 2 aromatic heterocycles. The van der Waals surface area contributed by atoms with E-state index in [0.717, 1.165) is 35.7 Å². The van der Waals surface area contributed by atoms with Gasteiger partial charge < -0.3 is 10.3 Å². The minimum atomic E-state index is -0.0956. The van der Waals surface area contributed by atoms with Crippen molar-refractivity contribution >= 4 is 22.9 Å². The van der Waals surface area contributed by atoms with Gasteiger partial charge in [0.05, 0.1) is 16.8 Å². The van der Waals surface area contributed by atoms with Crippen LogP contribution in [0.1, 0.15) is 27.3 Å². The third-order valence-corrected chi connectivity index (χ3v) is 4.39. The molecule has 0 radical (unpaired) electrons.